The van der Waals surface area contributed by atoms with Crippen LogP contribution in [-0.2, 0) is 17.9 Å². The number of amides is 1. The molecule has 3 aromatic heterocycles. The highest BCUT2D eigenvalue weighted by Gasteiger charge is 2.11. The maximum atomic E-state index is 11.8. The fourth-order valence-electron chi connectivity index (χ4n) is 1.76. The topological polar surface area (TPSA) is 112 Å². The minimum Gasteiger partial charge on any atom is -0.349 e. The van der Waals surface area contributed by atoms with Gasteiger partial charge in [-0.1, -0.05) is 11.2 Å². The smallest absolute Gasteiger partial charge is 0.268 e. The molecule has 0 aliphatic heterocycles. The van der Waals surface area contributed by atoms with Crippen LogP contribution in [-0.4, -0.2) is 36.3 Å². The van der Waals surface area contributed by atoms with Crippen molar-refractivity contribution in [1.82, 2.24) is 35.7 Å². The number of rotatable bonds is 6. The van der Waals surface area contributed by atoms with Gasteiger partial charge in [-0.25, -0.2) is 4.68 Å². The summed E-state index contributed by atoms with van der Waals surface area (Å²) in [4.78, 5) is 16.9. The highest BCUT2D eigenvalue weighted by molar-refractivity contribution is 7.13. The number of hydrogen-bond donors (Lipinski definition) is 1. The third-order valence-corrected chi connectivity index (χ3v) is 3.76. The highest BCUT2D eigenvalue weighted by Crippen LogP contribution is 2.22. The molecule has 3 heterocycles. The average Bonchev–Trinajstić information content (AvgIpc) is 3.24. The standard InChI is InChI=1S/C12H13N7O2S/c1-8-15-17-18-19(8)5-4-11(20)13-7-10-14-12(21-16-10)9-3-2-6-22-9/h2-3,6H,4-5,7H2,1H3,(H,13,20). The van der Waals surface area contributed by atoms with E-state index in [9.17, 15) is 4.79 Å². The lowest BCUT2D eigenvalue weighted by molar-refractivity contribution is -0.121. The Morgan fingerprint density at radius 2 is 2.41 bits per heavy atom. The van der Waals surface area contributed by atoms with E-state index in [0.29, 0.717) is 24.1 Å². The number of hydrogen-bond acceptors (Lipinski definition) is 8. The first-order chi connectivity index (χ1) is 10.7. The lowest BCUT2D eigenvalue weighted by atomic mass is 10.4. The molecule has 0 radical (unpaired) electrons. The van der Waals surface area contributed by atoms with Crippen LogP contribution in [0.25, 0.3) is 10.8 Å². The first-order valence-corrected chi connectivity index (χ1v) is 7.46. The van der Waals surface area contributed by atoms with Crippen LogP contribution in [0, 0.1) is 6.92 Å². The van der Waals surface area contributed by atoms with Crippen molar-refractivity contribution in [2.24, 2.45) is 0 Å². The Kier molecular flexibility index (Phi) is 4.19. The Morgan fingerprint density at radius 1 is 1.50 bits per heavy atom. The molecule has 0 aliphatic rings. The van der Waals surface area contributed by atoms with Gasteiger partial charge in [-0.15, -0.1) is 16.4 Å². The molecular formula is C12H13N7O2S. The van der Waals surface area contributed by atoms with Crippen molar-refractivity contribution in [2.45, 2.75) is 26.4 Å². The van der Waals surface area contributed by atoms with Gasteiger partial charge in [0.15, 0.2) is 5.82 Å². The second kappa shape index (κ2) is 6.43. The molecule has 0 spiro atoms. The van der Waals surface area contributed by atoms with Crippen LogP contribution in [0.5, 0.6) is 0 Å². The summed E-state index contributed by atoms with van der Waals surface area (Å²) in [6.07, 6.45) is 0.279. The zero-order valence-corrected chi connectivity index (χ0v) is 12.6. The molecule has 1 amide bonds. The maximum absolute atomic E-state index is 11.8. The van der Waals surface area contributed by atoms with Gasteiger partial charge in [0.1, 0.15) is 5.82 Å². The zero-order valence-electron chi connectivity index (χ0n) is 11.8. The van der Waals surface area contributed by atoms with E-state index < -0.39 is 0 Å². The lowest BCUT2D eigenvalue weighted by Gasteiger charge is -2.02. The summed E-state index contributed by atoms with van der Waals surface area (Å²) in [6, 6.07) is 3.81. The lowest BCUT2D eigenvalue weighted by Crippen LogP contribution is -2.24. The Bertz CT molecular complexity index is 749. The summed E-state index contributed by atoms with van der Waals surface area (Å²) in [5.74, 6) is 1.45. The molecule has 0 unspecified atom stereocenters. The van der Waals surface area contributed by atoms with Gasteiger partial charge in [0, 0.05) is 6.42 Å². The maximum Gasteiger partial charge on any atom is 0.268 e. The van der Waals surface area contributed by atoms with E-state index in [1.807, 2.05) is 17.5 Å². The number of aromatic nitrogens is 6. The van der Waals surface area contributed by atoms with Crippen LogP contribution < -0.4 is 5.32 Å². The summed E-state index contributed by atoms with van der Waals surface area (Å²) in [6.45, 7) is 2.43. The Labute approximate surface area is 129 Å². The molecule has 0 aliphatic carbocycles. The first kappa shape index (κ1) is 14.3. The molecule has 114 valence electrons. The van der Waals surface area contributed by atoms with E-state index in [1.54, 1.807) is 11.6 Å². The summed E-state index contributed by atoms with van der Waals surface area (Å²) in [7, 11) is 0. The summed E-state index contributed by atoms with van der Waals surface area (Å²) in [5, 5.41) is 19.6. The predicted octanol–water partition coefficient (Wildman–Crippen LogP) is 0.800. The molecule has 0 saturated carbocycles. The molecule has 0 aromatic carbocycles. The van der Waals surface area contributed by atoms with E-state index in [1.165, 1.54) is 11.3 Å². The molecule has 0 bridgehead atoms. The van der Waals surface area contributed by atoms with Crippen LogP contribution >= 0.6 is 11.3 Å². The predicted molar refractivity (Wildman–Crippen MR) is 76.6 cm³/mol. The zero-order chi connectivity index (χ0) is 15.4. The fourth-order valence-corrected chi connectivity index (χ4v) is 2.40. The molecule has 3 rings (SSSR count). The number of aryl methyl sites for hydroxylation is 2. The number of carbonyl (C=O) groups is 1. The average molecular weight is 319 g/mol. The van der Waals surface area contributed by atoms with Crippen molar-refractivity contribution < 1.29 is 9.32 Å². The van der Waals surface area contributed by atoms with Crippen molar-refractivity contribution >= 4 is 17.2 Å². The molecule has 3 aromatic rings. The summed E-state index contributed by atoms with van der Waals surface area (Å²) >= 11 is 1.52. The van der Waals surface area contributed by atoms with Crippen LogP contribution in [0.2, 0.25) is 0 Å². The van der Waals surface area contributed by atoms with E-state index in [4.69, 9.17) is 4.52 Å². The van der Waals surface area contributed by atoms with Crippen molar-refractivity contribution in [1.29, 1.82) is 0 Å². The second-order valence-electron chi connectivity index (χ2n) is 4.47. The van der Waals surface area contributed by atoms with Gasteiger partial charge in [0.05, 0.1) is 18.0 Å². The van der Waals surface area contributed by atoms with Crippen molar-refractivity contribution in [3.05, 3.63) is 29.2 Å². The van der Waals surface area contributed by atoms with Gasteiger partial charge in [-0.05, 0) is 28.8 Å². The quantitative estimate of drug-likeness (QED) is 0.715. The van der Waals surface area contributed by atoms with Crippen molar-refractivity contribution in [2.75, 3.05) is 0 Å². The minimum absolute atomic E-state index is 0.127. The number of tetrazole rings is 1. The van der Waals surface area contributed by atoms with Crippen molar-refractivity contribution in [3.63, 3.8) is 0 Å². The SMILES string of the molecule is Cc1nnnn1CCC(=O)NCc1noc(-c2cccs2)n1. The largest absolute Gasteiger partial charge is 0.349 e. The molecule has 10 heteroatoms. The molecular weight excluding hydrogens is 306 g/mol. The Balaban J connectivity index is 1.48. The van der Waals surface area contributed by atoms with Crippen LogP contribution in [0.4, 0.5) is 0 Å². The number of nitrogens with one attached hydrogen (secondary N) is 1. The van der Waals surface area contributed by atoms with E-state index in [0.717, 1.165) is 4.88 Å². The monoisotopic (exact) mass is 319 g/mol. The van der Waals surface area contributed by atoms with E-state index in [-0.39, 0.29) is 18.9 Å². The summed E-state index contributed by atoms with van der Waals surface area (Å²) in [5.41, 5.74) is 0. The molecule has 22 heavy (non-hydrogen) atoms. The second-order valence-corrected chi connectivity index (χ2v) is 5.42. The molecule has 9 nitrogen and oxygen atoms in total. The third-order valence-electron chi connectivity index (χ3n) is 2.91. The Hall–Kier alpha value is -2.62. The van der Waals surface area contributed by atoms with Crippen LogP contribution in [0.1, 0.15) is 18.1 Å². The van der Waals surface area contributed by atoms with E-state index >= 15 is 0 Å². The third kappa shape index (κ3) is 3.34. The first-order valence-electron chi connectivity index (χ1n) is 6.58. The van der Waals surface area contributed by atoms with Gasteiger partial charge in [-0.2, -0.15) is 4.98 Å². The van der Waals surface area contributed by atoms with Crippen LogP contribution in [0.15, 0.2) is 22.0 Å². The number of thiophene rings is 1. The number of carbonyl (C=O) groups excluding carboxylic acids is 1. The van der Waals surface area contributed by atoms with Crippen LogP contribution in [0.3, 0.4) is 0 Å². The molecule has 1 N–H and O–H groups in total. The van der Waals surface area contributed by atoms with Gasteiger partial charge in [-0.3, -0.25) is 4.79 Å². The Morgan fingerprint density at radius 3 is 3.14 bits per heavy atom. The van der Waals surface area contributed by atoms with Gasteiger partial charge in [0.25, 0.3) is 5.89 Å². The van der Waals surface area contributed by atoms with Gasteiger partial charge >= 0.3 is 0 Å². The molecule has 0 saturated heterocycles. The summed E-state index contributed by atoms with van der Waals surface area (Å²) < 4.78 is 6.72. The van der Waals surface area contributed by atoms with Crippen molar-refractivity contribution in [3.8, 4) is 10.8 Å². The van der Waals surface area contributed by atoms with Gasteiger partial charge < -0.3 is 9.84 Å². The van der Waals surface area contributed by atoms with E-state index in [2.05, 4.69) is 31.0 Å². The number of nitrogens with zero attached hydrogens (tertiary/aromatic N) is 6. The highest BCUT2D eigenvalue weighted by atomic mass is 32.1. The van der Waals surface area contributed by atoms with Gasteiger partial charge in [0.2, 0.25) is 5.91 Å². The fraction of sp³-hybridized carbons (Fsp3) is 0.333. The minimum atomic E-state index is -0.127. The normalized spacial score (nSPS) is 10.8. The molecule has 0 fully saturated rings. The molecule has 0 atom stereocenters.